The van der Waals surface area contributed by atoms with E-state index in [9.17, 15) is 8.42 Å². The third-order valence-electron chi connectivity index (χ3n) is 3.61. The molecule has 7 heteroatoms. The number of hydrogen-bond acceptors (Lipinski definition) is 5. The molecule has 2 aromatic carbocycles. The van der Waals surface area contributed by atoms with Gasteiger partial charge in [0, 0.05) is 0 Å². The second kappa shape index (κ2) is 6.70. The highest BCUT2D eigenvalue weighted by atomic mass is 32.2. The van der Waals surface area contributed by atoms with Crippen molar-refractivity contribution < 1.29 is 8.42 Å². The van der Waals surface area contributed by atoms with Gasteiger partial charge in [-0.15, -0.1) is 11.8 Å². The fraction of sp³-hybridized carbons (Fsp3) is 0.118. The van der Waals surface area contributed by atoms with Gasteiger partial charge in [0.15, 0.2) is 0 Å². The number of sulfone groups is 1. The standard InChI is InChI=1S/C17H17N3O2S2/c1-23-17-15(24(21,22)14-10-6-3-7-11-14)16(18)20(19-17)12-13-8-4-2-5-9-13/h2-11H,12,18H2,1H3. The highest BCUT2D eigenvalue weighted by Gasteiger charge is 2.28. The number of nitrogens with zero attached hydrogens (tertiary/aromatic N) is 2. The first-order valence-electron chi connectivity index (χ1n) is 7.28. The van der Waals surface area contributed by atoms with Crippen molar-refractivity contribution in [3.8, 4) is 0 Å². The number of rotatable bonds is 5. The minimum Gasteiger partial charge on any atom is -0.383 e. The molecule has 0 unspecified atom stereocenters. The lowest BCUT2D eigenvalue weighted by molar-refractivity contribution is 0.594. The van der Waals surface area contributed by atoms with Gasteiger partial charge in [-0.3, -0.25) is 0 Å². The van der Waals surface area contributed by atoms with Crippen molar-refractivity contribution in [2.24, 2.45) is 0 Å². The number of hydrogen-bond donors (Lipinski definition) is 1. The van der Waals surface area contributed by atoms with Crippen LogP contribution in [0.4, 0.5) is 5.82 Å². The molecule has 0 radical (unpaired) electrons. The van der Waals surface area contributed by atoms with Gasteiger partial charge < -0.3 is 5.73 Å². The zero-order valence-electron chi connectivity index (χ0n) is 13.1. The van der Waals surface area contributed by atoms with Crippen molar-refractivity contribution in [2.45, 2.75) is 21.4 Å². The minimum absolute atomic E-state index is 0.0807. The summed E-state index contributed by atoms with van der Waals surface area (Å²) >= 11 is 1.27. The summed E-state index contributed by atoms with van der Waals surface area (Å²) in [5.74, 6) is 0.159. The van der Waals surface area contributed by atoms with Crippen LogP contribution in [0.25, 0.3) is 0 Å². The monoisotopic (exact) mass is 359 g/mol. The molecular formula is C17H17N3O2S2. The maximum absolute atomic E-state index is 13.0. The first kappa shape index (κ1) is 16.6. The maximum atomic E-state index is 13.0. The van der Waals surface area contributed by atoms with Crippen LogP contribution in [0.1, 0.15) is 5.56 Å². The second-order valence-corrected chi connectivity index (χ2v) is 7.86. The van der Waals surface area contributed by atoms with Crippen LogP contribution in [0.5, 0.6) is 0 Å². The van der Waals surface area contributed by atoms with Crippen LogP contribution >= 0.6 is 11.8 Å². The number of nitrogen functional groups attached to an aromatic ring is 1. The van der Waals surface area contributed by atoms with Gasteiger partial charge >= 0.3 is 0 Å². The predicted octanol–water partition coefficient (Wildman–Crippen LogP) is 3.07. The molecule has 124 valence electrons. The molecule has 0 aliphatic carbocycles. The van der Waals surface area contributed by atoms with Gasteiger partial charge in [0.1, 0.15) is 15.7 Å². The Morgan fingerprint density at radius 2 is 1.62 bits per heavy atom. The van der Waals surface area contributed by atoms with Crippen LogP contribution in [0.2, 0.25) is 0 Å². The van der Waals surface area contributed by atoms with Crippen molar-refractivity contribution in [3.05, 3.63) is 66.2 Å². The largest absolute Gasteiger partial charge is 0.383 e. The van der Waals surface area contributed by atoms with Gasteiger partial charge in [-0.05, 0) is 24.0 Å². The van der Waals surface area contributed by atoms with Gasteiger partial charge in [0.25, 0.3) is 0 Å². The number of thioether (sulfide) groups is 1. The summed E-state index contributed by atoms with van der Waals surface area (Å²) in [4.78, 5) is 0.295. The molecule has 0 atom stereocenters. The van der Waals surface area contributed by atoms with Crippen LogP contribution < -0.4 is 5.73 Å². The quantitative estimate of drug-likeness (QED) is 0.708. The Hall–Kier alpha value is -2.25. The Kier molecular flexibility index (Phi) is 4.64. The lowest BCUT2D eigenvalue weighted by Gasteiger charge is -2.06. The van der Waals surface area contributed by atoms with E-state index in [1.807, 2.05) is 30.3 Å². The molecule has 3 aromatic rings. The molecule has 1 aromatic heterocycles. The van der Waals surface area contributed by atoms with Crippen LogP contribution in [-0.2, 0) is 16.4 Å². The summed E-state index contributed by atoms with van der Waals surface area (Å²) < 4.78 is 27.4. The van der Waals surface area contributed by atoms with Gasteiger partial charge in [-0.2, -0.15) is 5.10 Å². The molecule has 24 heavy (non-hydrogen) atoms. The fourth-order valence-electron chi connectivity index (χ4n) is 2.42. The Labute approximate surface area is 145 Å². The molecule has 0 fully saturated rings. The smallest absolute Gasteiger partial charge is 0.212 e. The molecule has 2 N–H and O–H groups in total. The number of nitrogens with two attached hydrogens (primary N) is 1. The average molecular weight is 359 g/mol. The Balaban J connectivity index is 2.09. The third-order valence-corrected chi connectivity index (χ3v) is 6.24. The molecule has 3 rings (SSSR count). The molecule has 0 bridgehead atoms. The zero-order chi connectivity index (χ0) is 17.2. The number of benzene rings is 2. The molecule has 5 nitrogen and oxygen atoms in total. The van der Waals surface area contributed by atoms with Crippen molar-refractivity contribution in [3.63, 3.8) is 0 Å². The third kappa shape index (κ3) is 3.05. The van der Waals surface area contributed by atoms with Gasteiger partial charge in [0.05, 0.1) is 11.4 Å². The highest BCUT2D eigenvalue weighted by molar-refractivity contribution is 7.99. The minimum atomic E-state index is -3.71. The van der Waals surface area contributed by atoms with Crippen molar-refractivity contribution in [2.75, 3.05) is 12.0 Å². The first-order valence-corrected chi connectivity index (χ1v) is 9.99. The SMILES string of the molecule is CSc1nn(Cc2ccccc2)c(N)c1S(=O)(=O)c1ccccc1. The lowest BCUT2D eigenvalue weighted by Crippen LogP contribution is -2.09. The second-order valence-electron chi connectivity index (χ2n) is 5.18. The molecule has 0 aliphatic heterocycles. The maximum Gasteiger partial charge on any atom is 0.212 e. The average Bonchev–Trinajstić information content (AvgIpc) is 2.93. The van der Waals surface area contributed by atoms with E-state index in [4.69, 9.17) is 5.73 Å². The van der Waals surface area contributed by atoms with Gasteiger partial charge in [-0.1, -0.05) is 48.5 Å². The van der Waals surface area contributed by atoms with E-state index < -0.39 is 9.84 Å². The Morgan fingerprint density at radius 3 is 2.21 bits per heavy atom. The van der Waals surface area contributed by atoms with E-state index >= 15 is 0 Å². The van der Waals surface area contributed by atoms with E-state index in [1.165, 1.54) is 16.4 Å². The lowest BCUT2D eigenvalue weighted by atomic mass is 10.2. The van der Waals surface area contributed by atoms with Crippen molar-refractivity contribution >= 4 is 27.4 Å². The summed E-state index contributed by atoms with van der Waals surface area (Å²) in [6.45, 7) is 0.421. The number of aromatic nitrogens is 2. The summed E-state index contributed by atoms with van der Waals surface area (Å²) in [6.07, 6.45) is 1.79. The van der Waals surface area contributed by atoms with Gasteiger partial charge in [-0.25, -0.2) is 13.1 Å². The molecule has 0 amide bonds. The zero-order valence-corrected chi connectivity index (χ0v) is 14.7. The van der Waals surface area contributed by atoms with Crippen molar-refractivity contribution in [1.82, 2.24) is 9.78 Å². The molecule has 0 spiro atoms. The van der Waals surface area contributed by atoms with Gasteiger partial charge in [0.2, 0.25) is 9.84 Å². The molecule has 0 saturated carbocycles. The van der Waals surface area contributed by atoms with Crippen LogP contribution in [0, 0.1) is 0 Å². The summed E-state index contributed by atoms with van der Waals surface area (Å²) in [6, 6.07) is 18.0. The number of anilines is 1. The van der Waals surface area contributed by atoms with E-state index in [0.29, 0.717) is 11.6 Å². The Bertz CT molecular complexity index is 937. The van der Waals surface area contributed by atoms with E-state index in [-0.39, 0.29) is 15.6 Å². The topological polar surface area (TPSA) is 78.0 Å². The summed E-state index contributed by atoms with van der Waals surface area (Å²) in [5, 5.41) is 4.80. The molecule has 0 saturated heterocycles. The van der Waals surface area contributed by atoms with Crippen molar-refractivity contribution in [1.29, 1.82) is 0 Å². The fourth-order valence-corrected chi connectivity index (χ4v) is 4.87. The molecule has 0 aliphatic rings. The highest BCUT2D eigenvalue weighted by Crippen LogP contribution is 2.34. The van der Waals surface area contributed by atoms with E-state index in [2.05, 4.69) is 5.10 Å². The summed E-state index contributed by atoms with van der Waals surface area (Å²) in [7, 11) is -3.71. The van der Waals surface area contributed by atoms with Crippen LogP contribution in [-0.4, -0.2) is 24.5 Å². The first-order chi connectivity index (χ1) is 11.5. The van der Waals surface area contributed by atoms with E-state index in [1.54, 1.807) is 36.6 Å². The summed E-state index contributed by atoms with van der Waals surface area (Å²) in [5.41, 5.74) is 7.16. The normalized spacial score (nSPS) is 11.5. The molecular weight excluding hydrogens is 342 g/mol. The van der Waals surface area contributed by atoms with Crippen LogP contribution in [0.3, 0.4) is 0 Å². The molecule has 1 heterocycles. The predicted molar refractivity (Wildman–Crippen MR) is 95.9 cm³/mol. The Morgan fingerprint density at radius 1 is 1.04 bits per heavy atom. The van der Waals surface area contributed by atoms with E-state index in [0.717, 1.165) is 5.56 Å². The van der Waals surface area contributed by atoms with Crippen LogP contribution in [0.15, 0.2) is 75.5 Å².